The van der Waals surface area contributed by atoms with Crippen molar-refractivity contribution in [2.75, 3.05) is 32.8 Å². The maximum Gasteiger partial charge on any atom is 0.234 e. The molecule has 2 saturated heterocycles. The van der Waals surface area contributed by atoms with E-state index in [0.717, 1.165) is 32.4 Å². The third-order valence-electron chi connectivity index (χ3n) is 3.92. The van der Waals surface area contributed by atoms with E-state index in [-0.39, 0.29) is 18.1 Å². The monoisotopic (exact) mass is 256 g/mol. The van der Waals surface area contributed by atoms with E-state index in [0.29, 0.717) is 25.6 Å². The van der Waals surface area contributed by atoms with E-state index in [1.165, 1.54) is 0 Å². The van der Waals surface area contributed by atoms with Gasteiger partial charge in [0.1, 0.15) is 0 Å². The minimum Gasteiger partial charge on any atom is -0.392 e. The number of aliphatic hydroxyl groups is 1. The smallest absolute Gasteiger partial charge is 0.234 e. The predicted molar refractivity (Wildman–Crippen MR) is 68.2 cm³/mol. The predicted octanol–water partition coefficient (Wildman–Crippen LogP) is -0.0157. The van der Waals surface area contributed by atoms with E-state index in [1.54, 1.807) is 0 Å². The van der Waals surface area contributed by atoms with E-state index in [4.69, 9.17) is 4.74 Å². The molecule has 104 valence electrons. The molecule has 0 spiro atoms. The average Bonchev–Trinajstić information content (AvgIpc) is 2.84. The second-order valence-electron chi connectivity index (χ2n) is 5.51. The fraction of sp³-hybridized carbons (Fsp3) is 0.923. The molecule has 2 aliphatic rings. The lowest BCUT2D eigenvalue weighted by Crippen LogP contribution is -2.47. The summed E-state index contributed by atoms with van der Waals surface area (Å²) in [5.41, 5.74) is 0. The number of hydrogen-bond acceptors (Lipinski definition) is 4. The van der Waals surface area contributed by atoms with Gasteiger partial charge in [0.15, 0.2) is 0 Å². The Morgan fingerprint density at radius 1 is 1.50 bits per heavy atom. The molecule has 0 aromatic heterocycles. The number of piperidine rings is 1. The van der Waals surface area contributed by atoms with Crippen molar-refractivity contribution in [3.63, 3.8) is 0 Å². The van der Waals surface area contributed by atoms with Crippen molar-refractivity contribution in [2.24, 2.45) is 5.92 Å². The second-order valence-corrected chi connectivity index (χ2v) is 5.51. The summed E-state index contributed by atoms with van der Waals surface area (Å²) in [6.45, 7) is 5.37. The molecule has 0 aromatic carbocycles. The Morgan fingerprint density at radius 2 is 2.33 bits per heavy atom. The summed E-state index contributed by atoms with van der Waals surface area (Å²) in [4.78, 5) is 13.8. The zero-order valence-corrected chi connectivity index (χ0v) is 11.1. The number of carbonyl (C=O) groups excluding carboxylic acids is 1. The van der Waals surface area contributed by atoms with Gasteiger partial charge in [-0.05, 0) is 31.7 Å². The number of aliphatic hydroxyl groups excluding tert-OH is 1. The Balaban J connectivity index is 1.64. The van der Waals surface area contributed by atoms with Crippen molar-refractivity contribution in [2.45, 2.75) is 38.4 Å². The first-order chi connectivity index (χ1) is 8.65. The molecule has 3 unspecified atom stereocenters. The normalized spacial score (nSPS) is 33.6. The van der Waals surface area contributed by atoms with Crippen molar-refractivity contribution in [3.8, 4) is 0 Å². The highest BCUT2D eigenvalue weighted by Gasteiger charge is 2.25. The van der Waals surface area contributed by atoms with Gasteiger partial charge >= 0.3 is 0 Å². The lowest BCUT2D eigenvalue weighted by atomic mass is 9.96. The van der Waals surface area contributed by atoms with Gasteiger partial charge < -0.3 is 15.2 Å². The SMILES string of the molecule is CC1CCN(CC(=O)NCC2CCCO2)CC1O. The third-order valence-corrected chi connectivity index (χ3v) is 3.92. The van der Waals surface area contributed by atoms with E-state index in [2.05, 4.69) is 12.2 Å². The van der Waals surface area contributed by atoms with Gasteiger partial charge in [-0.2, -0.15) is 0 Å². The molecule has 5 nitrogen and oxygen atoms in total. The summed E-state index contributed by atoms with van der Waals surface area (Å²) in [5, 5.41) is 12.7. The van der Waals surface area contributed by atoms with E-state index in [1.807, 2.05) is 4.90 Å². The second kappa shape index (κ2) is 6.50. The van der Waals surface area contributed by atoms with Gasteiger partial charge in [0.05, 0.1) is 18.8 Å². The van der Waals surface area contributed by atoms with Crippen LogP contribution in [0.2, 0.25) is 0 Å². The molecule has 0 bridgehead atoms. The molecule has 2 fully saturated rings. The van der Waals surface area contributed by atoms with Crippen LogP contribution in [0, 0.1) is 5.92 Å². The Morgan fingerprint density at radius 3 is 3.00 bits per heavy atom. The first-order valence-electron chi connectivity index (χ1n) is 6.94. The number of nitrogens with zero attached hydrogens (tertiary/aromatic N) is 1. The van der Waals surface area contributed by atoms with Crippen molar-refractivity contribution in [1.29, 1.82) is 0 Å². The molecule has 2 rings (SSSR count). The van der Waals surface area contributed by atoms with Crippen molar-refractivity contribution in [3.05, 3.63) is 0 Å². The first kappa shape index (κ1) is 13.8. The third kappa shape index (κ3) is 3.93. The summed E-state index contributed by atoms with van der Waals surface area (Å²) in [6.07, 6.45) is 2.99. The number of ether oxygens (including phenoxy) is 1. The highest BCUT2D eigenvalue weighted by atomic mass is 16.5. The molecule has 2 heterocycles. The van der Waals surface area contributed by atoms with Crippen molar-refractivity contribution < 1.29 is 14.6 Å². The minimum absolute atomic E-state index is 0.0345. The lowest BCUT2D eigenvalue weighted by Gasteiger charge is -2.33. The number of amides is 1. The Hall–Kier alpha value is -0.650. The topological polar surface area (TPSA) is 61.8 Å². The summed E-state index contributed by atoms with van der Waals surface area (Å²) in [6, 6.07) is 0. The summed E-state index contributed by atoms with van der Waals surface area (Å²) < 4.78 is 5.46. The molecule has 0 radical (unpaired) electrons. The van der Waals surface area contributed by atoms with Gasteiger partial charge in [0.25, 0.3) is 0 Å². The molecule has 2 aliphatic heterocycles. The van der Waals surface area contributed by atoms with Crippen molar-refractivity contribution in [1.82, 2.24) is 10.2 Å². The largest absolute Gasteiger partial charge is 0.392 e. The van der Waals surface area contributed by atoms with Crippen LogP contribution in [0.3, 0.4) is 0 Å². The van der Waals surface area contributed by atoms with Gasteiger partial charge in [-0.1, -0.05) is 6.92 Å². The van der Waals surface area contributed by atoms with Crippen LogP contribution >= 0.6 is 0 Å². The fourth-order valence-electron chi connectivity index (χ4n) is 2.55. The van der Waals surface area contributed by atoms with Crippen LogP contribution in [-0.2, 0) is 9.53 Å². The zero-order valence-electron chi connectivity index (χ0n) is 11.1. The summed E-state index contributed by atoms with van der Waals surface area (Å²) in [7, 11) is 0. The number of hydrogen-bond donors (Lipinski definition) is 2. The molecule has 2 N–H and O–H groups in total. The van der Waals surface area contributed by atoms with Crippen LogP contribution in [-0.4, -0.2) is 60.9 Å². The van der Waals surface area contributed by atoms with E-state index < -0.39 is 0 Å². The van der Waals surface area contributed by atoms with Crippen LogP contribution in [0.25, 0.3) is 0 Å². The Labute approximate surface area is 108 Å². The molecule has 0 saturated carbocycles. The van der Waals surface area contributed by atoms with Crippen LogP contribution < -0.4 is 5.32 Å². The van der Waals surface area contributed by atoms with Crippen LogP contribution in [0.5, 0.6) is 0 Å². The fourth-order valence-corrected chi connectivity index (χ4v) is 2.55. The molecule has 1 amide bonds. The number of nitrogens with one attached hydrogen (secondary N) is 1. The maximum atomic E-state index is 11.8. The van der Waals surface area contributed by atoms with Gasteiger partial charge in [-0.25, -0.2) is 0 Å². The summed E-state index contributed by atoms with van der Waals surface area (Å²) >= 11 is 0. The standard InChI is InChI=1S/C13H24N2O3/c1-10-4-5-15(8-12(10)16)9-13(17)14-7-11-3-2-6-18-11/h10-12,16H,2-9H2,1H3,(H,14,17). The van der Waals surface area contributed by atoms with E-state index in [9.17, 15) is 9.90 Å². The molecule has 5 heteroatoms. The number of carbonyl (C=O) groups is 1. The van der Waals surface area contributed by atoms with Crippen LogP contribution in [0.4, 0.5) is 0 Å². The molecular formula is C13H24N2O3. The van der Waals surface area contributed by atoms with E-state index >= 15 is 0 Å². The lowest BCUT2D eigenvalue weighted by molar-refractivity contribution is -0.123. The number of likely N-dealkylation sites (tertiary alicyclic amines) is 1. The minimum atomic E-state index is -0.301. The quantitative estimate of drug-likeness (QED) is 0.742. The summed E-state index contributed by atoms with van der Waals surface area (Å²) in [5.74, 6) is 0.378. The van der Waals surface area contributed by atoms with Gasteiger partial charge in [0, 0.05) is 19.7 Å². The number of rotatable bonds is 4. The van der Waals surface area contributed by atoms with Gasteiger partial charge in [0.2, 0.25) is 5.91 Å². The Kier molecular flexibility index (Phi) is 4.97. The van der Waals surface area contributed by atoms with Crippen LogP contribution in [0.15, 0.2) is 0 Å². The highest BCUT2D eigenvalue weighted by molar-refractivity contribution is 5.78. The molecular weight excluding hydrogens is 232 g/mol. The molecule has 0 aromatic rings. The highest BCUT2D eigenvalue weighted by Crippen LogP contribution is 2.16. The van der Waals surface area contributed by atoms with Crippen molar-refractivity contribution >= 4 is 5.91 Å². The molecule has 0 aliphatic carbocycles. The Bertz CT molecular complexity index is 279. The molecule has 3 atom stereocenters. The van der Waals surface area contributed by atoms with Gasteiger partial charge in [-0.3, -0.25) is 9.69 Å². The van der Waals surface area contributed by atoms with Gasteiger partial charge in [-0.15, -0.1) is 0 Å². The maximum absolute atomic E-state index is 11.8. The molecule has 18 heavy (non-hydrogen) atoms. The van der Waals surface area contributed by atoms with Crippen LogP contribution in [0.1, 0.15) is 26.2 Å². The first-order valence-corrected chi connectivity index (χ1v) is 6.94. The average molecular weight is 256 g/mol. The zero-order chi connectivity index (χ0) is 13.0. The number of β-amino-alcohol motifs (C(OH)–C–C–N with tert-alkyl or cyclic N) is 1.